The molecule has 1 aromatic rings. The SMILES string of the molecule is CC(C)(C)OC(=O)CCC(CO)NC(=O)C1=CC2OC(C3CC3)(C3CC3)OC2C(OC(=O)c2ccccc2C=CC(=O)OCC(F)(F)F)C1. The second kappa shape index (κ2) is 14.6. The summed E-state index contributed by atoms with van der Waals surface area (Å²) in [6.45, 7) is 3.05. The third kappa shape index (κ3) is 9.70. The average Bonchev–Trinajstić information content (AvgIpc) is 3.97. The van der Waals surface area contributed by atoms with E-state index in [0.717, 1.165) is 37.8 Å². The number of carbonyl (C=O) groups is 4. The summed E-state index contributed by atoms with van der Waals surface area (Å²) >= 11 is 0. The minimum Gasteiger partial charge on any atom is -0.460 e. The topological polar surface area (TPSA) is 147 Å². The molecule has 1 aromatic carbocycles. The van der Waals surface area contributed by atoms with Crippen molar-refractivity contribution in [1.82, 2.24) is 5.32 Å². The number of esters is 3. The number of ether oxygens (including phenoxy) is 5. The summed E-state index contributed by atoms with van der Waals surface area (Å²) in [6.07, 6.45) is 0.315. The van der Waals surface area contributed by atoms with Crippen LogP contribution in [0.1, 0.15) is 81.6 Å². The number of aliphatic hydroxyl groups is 1. The van der Waals surface area contributed by atoms with Crippen LogP contribution in [0, 0.1) is 11.8 Å². The summed E-state index contributed by atoms with van der Waals surface area (Å²) in [5.41, 5.74) is -0.205. The highest BCUT2D eigenvalue weighted by atomic mass is 19.4. The van der Waals surface area contributed by atoms with Gasteiger partial charge in [0.25, 0.3) is 0 Å². The third-order valence-corrected chi connectivity index (χ3v) is 8.59. The Bertz CT molecular complexity index is 1460. The summed E-state index contributed by atoms with van der Waals surface area (Å²) in [5.74, 6) is -3.52. The smallest absolute Gasteiger partial charge is 0.422 e. The molecule has 268 valence electrons. The number of hydrogen-bond acceptors (Lipinski definition) is 10. The molecular formula is C35H42F3NO10. The van der Waals surface area contributed by atoms with Gasteiger partial charge in [-0.25, -0.2) is 9.59 Å². The molecule has 0 spiro atoms. The first-order valence-electron chi connectivity index (χ1n) is 16.5. The van der Waals surface area contributed by atoms with E-state index in [1.54, 1.807) is 39.0 Å². The van der Waals surface area contributed by atoms with Crippen LogP contribution in [0.25, 0.3) is 6.08 Å². The van der Waals surface area contributed by atoms with Gasteiger partial charge < -0.3 is 34.1 Å². The van der Waals surface area contributed by atoms with Crippen LogP contribution < -0.4 is 5.32 Å². The number of hydrogen-bond donors (Lipinski definition) is 2. The van der Waals surface area contributed by atoms with Gasteiger partial charge in [0, 0.05) is 36.3 Å². The number of aliphatic hydroxyl groups excluding tert-OH is 1. The van der Waals surface area contributed by atoms with Crippen LogP contribution in [0.5, 0.6) is 0 Å². The first kappa shape index (κ1) is 36.5. The predicted molar refractivity (Wildman–Crippen MR) is 166 cm³/mol. The zero-order chi connectivity index (χ0) is 35.6. The lowest BCUT2D eigenvalue weighted by Gasteiger charge is -2.31. The second-order valence-corrected chi connectivity index (χ2v) is 13.9. The molecule has 1 amide bonds. The van der Waals surface area contributed by atoms with Crippen molar-refractivity contribution in [1.29, 1.82) is 0 Å². The highest BCUT2D eigenvalue weighted by molar-refractivity contribution is 5.96. The summed E-state index contributed by atoms with van der Waals surface area (Å²) in [7, 11) is 0. The maximum atomic E-state index is 13.6. The number of carbonyl (C=O) groups excluding carboxylic acids is 4. The fraction of sp³-hybridized carbons (Fsp3) is 0.600. The van der Waals surface area contributed by atoms with Gasteiger partial charge in [-0.1, -0.05) is 18.2 Å². The predicted octanol–water partition coefficient (Wildman–Crippen LogP) is 4.56. The van der Waals surface area contributed by atoms with Crippen molar-refractivity contribution in [3.63, 3.8) is 0 Å². The lowest BCUT2D eigenvalue weighted by molar-refractivity contribution is -0.209. The van der Waals surface area contributed by atoms with Crippen LogP contribution in [0.2, 0.25) is 0 Å². The maximum absolute atomic E-state index is 13.6. The third-order valence-electron chi connectivity index (χ3n) is 8.59. The van der Waals surface area contributed by atoms with Gasteiger partial charge >= 0.3 is 24.1 Å². The zero-order valence-corrected chi connectivity index (χ0v) is 27.6. The Kier molecular flexibility index (Phi) is 10.9. The Morgan fingerprint density at radius 1 is 1.06 bits per heavy atom. The van der Waals surface area contributed by atoms with E-state index in [9.17, 15) is 37.5 Å². The van der Waals surface area contributed by atoms with Gasteiger partial charge in [-0.05, 0) is 76.7 Å². The molecule has 2 saturated carbocycles. The molecule has 1 saturated heterocycles. The summed E-state index contributed by atoms with van der Waals surface area (Å²) < 4.78 is 66.0. The van der Waals surface area contributed by atoms with E-state index in [1.165, 1.54) is 12.1 Å². The standard InChI is InChI=1S/C35H42F3NO10/c1-33(2,3)48-29(42)15-13-24(18-40)39-31(43)21-16-26(30-27(17-21)47-35(49-30,22-9-10-22)23-11-12-23)46-32(44)25-7-5-4-6-20(25)8-14-28(41)45-19-34(36,37)38/h4-8,14,17,22-24,26-27,30,40H,9-13,15-16,18-19H2,1-3H3,(H,39,43). The molecule has 3 fully saturated rings. The highest BCUT2D eigenvalue weighted by Gasteiger charge is 2.64. The largest absolute Gasteiger partial charge is 0.460 e. The zero-order valence-electron chi connectivity index (χ0n) is 27.6. The van der Waals surface area contributed by atoms with Crippen LogP contribution in [0.3, 0.4) is 0 Å². The van der Waals surface area contributed by atoms with Crippen molar-refractivity contribution in [2.75, 3.05) is 13.2 Å². The van der Waals surface area contributed by atoms with Crippen LogP contribution in [-0.4, -0.2) is 84.1 Å². The second-order valence-electron chi connectivity index (χ2n) is 13.9. The average molecular weight is 694 g/mol. The Balaban J connectivity index is 1.31. The van der Waals surface area contributed by atoms with Crippen molar-refractivity contribution in [3.05, 3.63) is 53.1 Å². The monoisotopic (exact) mass is 693 g/mol. The van der Waals surface area contributed by atoms with E-state index in [0.29, 0.717) is 0 Å². The summed E-state index contributed by atoms with van der Waals surface area (Å²) in [4.78, 5) is 51.2. The van der Waals surface area contributed by atoms with E-state index in [-0.39, 0.29) is 47.8 Å². The number of rotatable bonds is 13. The number of alkyl halides is 3. The van der Waals surface area contributed by atoms with Gasteiger partial charge in [-0.15, -0.1) is 0 Å². The molecule has 0 bridgehead atoms. The van der Waals surface area contributed by atoms with E-state index < -0.39 is 78.9 Å². The molecule has 0 radical (unpaired) electrons. The van der Waals surface area contributed by atoms with E-state index in [4.69, 9.17) is 18.9 Å². The molecule has 4 unspecified atom stereocenters. The normalized spacial score (nSPS) is 24.1. The molecule has 11 nitrogen and oxygen atoms in total. The minimum atomic E-state index is -4.69. The fourth-order valence-corrected chi connectivity index (χ4v) is 6.13. The summed E-state index contributed by atoms with van der Waals surface area (Å²) in [6, 6.07) is 5.31. The maximum Gasteiger partial charge on any atom is 0.422 e. The lowest BCUT2D eigenvalue weighted by atomic mass is 9.91. The molecule has 1 aliphatic heterocycles. The van der Waals surface area contributed by atoms with Gasteiger partial charge in [0.05, 0.1) is 18.2 Å². The number of nitrogens with one attached hydrogen (secondary N) is 1. The molecule has 2 N–H and O–H groups in total. The molecule has 49 heavy (non-hydrogen) atoms. The van der Waals surface area contributed by atoms with Crippen molar-refractivity contribution in [2.45, 2.75) is 108 Å². The molecule has 4 atom stereocenters. The number of benzene rings is 1. The fourth-order valence-electron chi connectivity index (χ4n) is 6.13. The van der Waals surface area contributed by atoms with Gasteiger partial charge in [0.2, 0.25) is 5.91 Å². The van der Waals surface area contributed by atoms with Gasteiger partial charge in [-0.2, -0.15) is 13.2 Å². The van der Waals surface area contributed by atoms with Crippen molar-refractivity contribution < 1.29 is 61.1 Å². The molecule has 5 rings (SSSR count). The van der Waals surface area contributed by atoms with Crippen molar-refractivity contribution in [2.24, 2.45) is 11.8 Å². The Morgan fingerprint density at radius 2 is 1.73 bits per heavy atom. The Hall–Kier alpha value is -3.75. The van der Waals surface area contributed by atoms with Gasteiger partial charge in [0.1, 0.15) is 23.9 Å². The quantitative estimate of drug-likeness (QED) is 0.171. The number of halogens is 3. The minimum absolute atomic E-state index is 0.0246. The lowest BCUT2D eigenvalue weighted by Crippen LogP contribution is -2.45. The highest BCUT2D eigenvalue weighted by Crippen LogP contribution is 2.59. The van der Waals surface area contributed by atoms with Crippen molar-refractivity contribution >= 4 is 29.9 Å². The van der Waals surface area contributed by atoms with Crippen LogP contribution in [-0.2, 0) is 38.1 Å². The molecular weight excluding hydrogens is 651 g/mol. The Labute approximate surface area is 282 Å². The molecule has 4 aliphatic rings. The van der Waals surface area contributed by atoms with Gasteiger partial charge in [0.15, 0.2) is 12.4 Å². The summed E-state index contributed by atoms with van der Waals surface area (Å²) in [5, 5.41) is 12.7. The first-order chi connectivity index (χ1) is 23.1. The van der Waals surface area contributed by atoms with Crippen molar-refractivity contribution in [3.8, 4) is 0 Å². The molecule has 0 aromatic heterocycles. The number of amides is 1. The Morgan fingerprint density at radius 3 is 2.35 bits per heavy atom. The van der Waals surface area contributed by atoms with E-state index >= 15 is 0 Å². The first-order valence-corrected chi connectivity index (χ1v) is 16.5. The van der Waals surface area contributed by atoms with Gasteiger partial charge in [-0.3, -0.25) is 9.59 Å². The van der Waals surface area contributed by atoms with Crippen LogP contribution >= 0.6 is 0 Å². The van der Waals surface area contributed by atoms with E-state index in [2.05, 4.69) is 10.1 Å². The van der Waals surface area contributed by atoms with Crippen LogP contribution in [0.15, 0.2) is 42.0 Å². The van der Waals surface area contributed by atoms with Crippen LogP contribution in [0.4, 0.5) is 13.2 Å². The molecule has 3 aliphatic carbocycles. The van der Waals surface area contributed by atoms with E-state index in [1.807, 2.05) is 0 Å². The molecule has 1 heterocycles. The number of fused-ring (bicyclic) bond motifs is 1. The molecule has 14 heteroatoms.